The molecule has 2 aromatic rings. The first-order valence-corrected chi connectivity index (χ1v) is 11.9. The summed E-state index contributed by atoms with van der Waals surface area (Å²) >= 11 is 0. The third kappa shape index (κ3) is 6.23. The van der Waals surface area contributed by atoms with Gasteiger partial charge in [0, 0.05) is 44.0 Å². The van der Waals surface area contributed by atoms with Gasteiger partial charge in [0.05, 0.1) is 36.0 Å². The maximum atomic E-state index is 12.9. The van der Waals surface area contributed by atoms with E-state index in [-0.39, 0.29) is 43.5 Å². The second-order valence-corrected chi connectivity index (χ2v) is 9.06. The molecule has 2 amide bonds. The number of piperidine rings is 1. The highest BCUT2D eigenvalue weighted by atomic mass is 19.4. The molecule has 2 N–H and O–H groups in total. The highest BCUT2D eigenvalue weighted by Gasteiger charge is 2.41. The van der Waals surface area contributed by atoms with Crippen molar-refractivity contribution in [3.63, 3.8) is 0 Å². The molecule has 1 aromatic carbocycles. The van der Waals surface area contributed by atoms with E-state index in [1.807, 2.05) is 48.2 Å². The van der Waals surface area contributed by atoms with E-state index >= 15 is 0 Å². The molecule has 2 fully saturated rings. The Hall–Kier alpha value is -3.30. The van der Waals surface area contributed by atoms with Gasteiger partial charge >= 0.3 is 6.18 Å². The van der Waals surface area contributed by atoms with Crippen molar-refractivity contribution in [1.29, 1.82) is 0 Å². The van der Waals surface area contributed by atoms with E-state index < -0.39 is 12.1 Å². The van der Waals surface area contributed by atoms with Gasteiger partial charge in [-0.05, 0) is 56.2 Å². The summed E-state index contributed by atoms with van der Waals surface area (Å²) in [4.78, 5) is 32.2. The number of likely N-dealkylation sites (tertiary alicyclic amines) is 1. The molecule has 3 heterocycles. The summed E-state index contributed by atoms with van der Waals surface area (Å²) in [6.45, 7) is 4.05. The number of carbonyl (C=O) groups is 2. The van der Waals surface area contributed by atoms with E-state index in [1.54, 1.807) is 11.1 Å². The molecular weight excluding hydrogens is 459 g/mol. The molecule has 0 aliphatic carbocycles. The van der Waals surface area contributed by atoms with Gasteiger partial charge in [-0.3, -0.25) is 14.6 Å². The van der Waals surface area contributed by atoms with Crippen LogP contribution in [0.25, 0.3) is 0 Å². The topological polar surface area (TPSA) is 77.6 Å². The molecule has 35 heavy (non-hydrogen) atoms. The standard InChI is InChI=1S/C25H30F3N5O2/c1-2-32-16-17(13-23(32)34)24(35)30-14-20-3-4-21(15-29-20)31-19-5-7-22(8-6-19)33-11-9-18(10-12-33)25(26,27)28/h3-8,15,17-18,31H,2,9-14,16H2,1H3,(H,30,35). The van der Waals surface area contributed by atoms with Crippen LogP contribution in [0.5, 0.6) is 0 Å². The first kappa shape index (κ1) is 24.8. The van der Waals surface area contributed by atoms with Crippen molar-refractivity contribution in [1.82, 2.24) is 15.2 Å². The molecule has 0 spiro atoms. The molecule has 2 aliphatic rings. The molecule has 7 nitrogen and oxygen atoms in total. The average molecular weight is 490 g/mol. The first-order valence-electron chi connectivity index (χ1n) is 11.9. The van der Waals surface area contributed by atoms with Crippen LogP contribution < -0.4 is 15.5 Å². The normalized spacial score (nSPS) is 19.2. The van der Waals surface area contributed by atoms with Crippen molar-refractivity contribution in [3.05, 3.63) is 48.3 Å². The lowest BCUT2D eigenvalue weighted by Crippen LogP contribution is -2.38. The zero-order valence-corrected chi connectivity index (χ0v) is 19.6. The van der Waals surface area contributed by atoms with Gasteiger partial charge in [-0.1, -0.05) is 0 Å². The predicted octanol–water partition coefficient (Wildman–Crippen LogP) is 4.09. The molecule has 1 atom stereocenters. The Balaban J connectivity index is 1.24. The van der Waals surface area contributed by atoms with E-state index in [1.165, 1.54) is 0 Å². The number of aromatic nitrogens is 1. The number of halogens is 3. The summed E-state index contributed by atoms with van der Waals surface area (Å²) in [6.07, 6.45) is -1.94. The predicted molar refractivity (Wildman–Crippen MR) is 127 cm³/mol. The van der Waals surface area contributed by atoms with Crippen LogP contribution in [0.4, 0.5) is 30.2 Å². The number of alkyl halides is 3. The van der Waals surface area contributed by atoms with E-state index in [9.17, 15) is 22.8 Å². The lowest BCUT2D eigenvalue weighted by Gasteiger charge is -2.34. The summed E-state index contributed by atoms with van der Waals surface area (Å²) in [7, 11) is 0. The zero-order chi connectivity index (χ0) is 25.0. The number of carbonyl (C=O) groups excluding carboxylic acids is 2. The van der Waals surface area contributed by atoms with Gasteiger partial charge in [0.1, 0.15) is 0 Å². The summed E-state index contributed by atoms with van der Waals surface area (Å²) in [5.41, 5.74) is 3.23. The van der Waals surface area contributed by atoms with Gasteiger partial charge < -0.3 is 20.4 Å². The molecule has 0 saturated carbocycles. The summed E-state index contributed by atoms with van der Waals surface area (Å²) in [5, 5.41) is 6.11. The van der Waals surface area contributed by atoms with E-state index in [2.05, 4.69) is 15.6 Å². The summed E-state index contributed by atoms with van der Waals surface area (Å²) < 4.78 is 38.6. The van der Waals surface area contributed by atoms with Crippen LogP contribution in [0.1, 0.15) is 31.9 Å². The van der Waals surface area contributed by atoms with Crippen molar-refractivity contribution in [3.8, 4) is 0 Å². The number of amides is 2. The van der Waals surface area contributed by atoms with Crippen molar-refractivity contribution in [2.75, 3.05) is 36.4 Å². The molecule has 0 bridgehead atoms. The van der Waals surface area contributed by atoms with Gasteiger partial charge in [-0.15, -0.1) is 0 Å². The number of hydrogen-bond donors (Lipinski definition) is 2. The van der Waals surface area contributed by atoms with Crippen LogP contribution in [0.2, 0.25) is 0 Å². The van der Waals surface area contributed by atoms with Gasteiger partial charge in [0.2, 0.25) is 11.8 Å². The minimum absolute atomic E-state index is 0.0141. The number of rotatable bonds is 7. The smallest absolute Gasteiger partial charge is 0.372 e. The van der Waals surface area contributed by atoms with Crippen molar-refractivity contribution in [2.24, 2.45) is 11.8 Å². The Labute approximate surface area is 202 Å². The highest BCUT2D eigenvalue weighted by molar-refractivity contribution is 5.89. The fourth-order valence-electron chi connectivity index (χ4n) is 4.57. The number of hydrogen-bond acceptors (Lipinski definition) is 5. The van der Waals surface area contributed by atoms with Crippen molar-refractivity contribution in [2.45, 2.75) is 38.9 Å². The highest BCUT2D eigenvalue weighted by Crippen LogP contribution is 2.35. The zero-order valence-electron chi connectivity index (χ0n) is 19.6. The van der Waals surface area contributed by atoms with Crippen LogP contribution in [-0.4, -0.2) is 54.1 Å². The van der Waals surface area contributed by atoms with Crippen molar-refractivity contribution < 1.29 is 22.8 Å². The average Bonchev–Trinajstić information content (AvgIpc) is 3.24. The number of pyridine rings is 1. The molecule has 1 aromatic heterocycles. The van der Waals surface area contributed by atoms with Gasteiger partial charge in [0.15, 0.2) is 0 Å². The molecule has 2 aliphatic heterocycles. The molecule has 188 valence electrons. The number of anilines is 3. The number of benzene rings is 1. The molecule has 0 radical (unpaired) electrons. The molecule has 4 rings (SSSR count). The summed E-state index contributed by atoms with van der Waals surface area (Å²) in [5.74, 6) is -1.65. The maximum absolute atomic E-state index is 12.9. The Morgan fingerprint density at radius 3 is 2.34 bits per heavy atom. The fourth-order valence-corrected chi connectivity index (χ4v) is 4.57. The summed E-state index contributed by atoms with van der Waals surface area (Å²) in [6, 6.07) is 11.3. The second kappa shape index (κ2) is 10.5. The Kier molecular flexibility index (Phi) is 7.47. The third-order valence-corrected chi connectivity index (χ3v) is 6.71. The molecule has 1 unspecified atom stereocenters. The minimum Gasteiger partial charge on any atom is -0.372 e. The molecule has 10 heteroatoms. The van der Waals surface area contributed by atoms with E-state index in [0.717, 1.165) is 17.1 Å². The quantitative estimate of drug-likeness (QED) is 0.613. The van der Waals surface area contributed by atoms with Crippen LogP contribution in [0.15, 0.2) is 42.6 Å². The fraction of sp³-hybridized carbons (Fsp3) is 0.480. The van der Waals surface area contributed by atoms with Gasteiger partial charge in [-0.2, -0.15) is 13.2 Å². The number of nitrogens with one attached hydrogen (secondary N) is 2. The SMILES string of the molecule is CCN1CC(C(=O)NCc2ccc(Nc3ccc(N4CCC(C(F)(F)F)CC4)cc3)cn2)CC1=O. The van der Waals surface area contributed by atoms with E-state index in [0.29, 0.717) is 31.9 Å². The largest absolute Gasteiger partial charge is 0.391 e. The lowest BCUT2D eigenvalue weighted by molar-refractivity contribution is -0.179. The molecule has 2 saturated heterocycles. The van der Waals surface area contributed by atoms with Crippen LogP contribution in [-0.2, 0) is 16.1 Å². The maximum Gasteiger partial charge on any atom is 0.391 e. The van der Waals surface area contributed by atoms with Crippen LogP contribution in [0.3, 0.4) is 0 Å². The minimum atomic E-state index is -4.11. The van der Waals surface area contributed by atoms with Gasteiger partial charge in [0.25, 0.3) is 0 Å². The lowest BCUT2D eigenvalue weighted by atomic mass is 9.96. The monoisotopic (exact) mass is 489 g/mol. The van der Waals surface area contributed by atoms with Crippen LogP contribution >= 0.6 is 0 Å². The Morgan fingerprint density at radius 2 is 1.77 bits per heavy atom. The first-order chi connectivity index (χ1) is 16.7. The number of nitrogens with zero attached hydrogens (tertiary/aromatic N) is 3. The Morgan fingerprint density at radius 1 is 1.09 bits per heavy atom. The van der Waals surface area contributed by atoms with E-state index in [4.69, 9.17) is 0 Å². The van der Waals surface area contributed by atoms with Crippen LogP contribution in [0, 0.1) is 11.8 Å². The van der Waals surface area contributed by atoms with Crippen molar-refractivity contribution >= 4 is 28.9 Å². The third-order valence-electron chi connectivity index (χ3n) is 6.71. The molecular formula is C25H30F3N5O2. The second-order valence-electron chi connectivity index (χ2n) is 9.06. The van der Waals surface area contributed by atoms with Gasteiger partial charge in [-0.25, -0.2) is 0 Å². The Bertz CT molecular complexity index is 1020.